The van der Waals surface area contributed by atoms with Gasteiger partial charge in [0, 0.05) is 6.07 Å². The molecular weight excluding hydrogens is 406 g/mol. The van der Waals surface area contributed by atoms with Crippen LogP contribution in [0.3, 0.4) is 0 Å². The molecule has 0 spiro atoms. The third-order valence-corrected chi connectivity index (χ3v) is 11.2. The number of nitrogens with zero attached hydrogens (tertiary/aromatic N) is 1. The molecule has 0 N–H and O–H groups in total. The first-order chi connectivity index (χ1) is 15.5. The van der Waals surface area contributed by atoms with Gasteiger partial charge in [-0.15, -0.1) is 0 Å². The Balaban J connectivity index is 1.66. The SMILES string of the molecule is Cc1c2c(cc3ccccc13)Oc1cc3c(c4cc[n+](C)c-2c14)[Si](C)(C)c1ccccc1-3. The second-order valence-electron chi connectivity index (χ2n) is 9.73. The van der Waals surface area contributed by atoms with Gasteiger partial charge in [0.1, 0.15) is 26.6 Å². The predicted molar refractivity (Wildman–Crippen MR) is 135 cm³/mol. The maximum absolute atomic E-state index is 6.70. The molecule has 0 unspecified atom stereocenters. The zero-order valence-corrected chi connectivity index (χ0v) is 19.8. The van der Waals surface area contributed by atoms with Gasteiger partial charge in [0.2, 0.25) is 5.69 Å². The van der Waals surface area contributed by atoms with Gasteiger partial charge in [0.15, 0.2) is 6.20 Å². The molecule has 3 heteroatoms. The lowest BCUT2D eigenvalue weighted by Gasteiger charge is -2.25. The van der Waals surface area contributed by atoms with Gasteiger partial charge in [-0.3, -0.25) is 0 Å². The van der Waals surface area contributed by atoms with Gasteiger partial charge in [0.25, 0.3) is 0 Å². The maximum Gasteiger partial charge on any atom is 0.228 e. The van der Waals surface area contributed by atoms with E-state index in [-0.39, 0.29) is 0 Å². The Bertz CT molecular complexity index is 1650. The summed E-state index contributed by atoms with van der Waals surface area (Å²) in [7, 11) is 0.348. The zero-order chi connectivity index (χ0) is 21.8. The van der Waals surface area contributed by atoms with E-state index in [1.165, 1.54) is 54.7 Å². The van der Waals surface area contributed by atoms with Crippen LogP contribution in [-0.4, -0.2) is 8.07 Å². The van der Waals surface area contributed by atoms with Crippen LogP contribution in [0.2, 0.25) is 13.1 Å². The van der Waals surface area contributed by atoms with E-state index in [0.29, 0.717) is 0 Å². The third kappa shape index (κ3) is 2.07. The van der Waals surface area contributed by atoms with Crippen molar-refractivity contribution in [3.8, 4) is 33.9 Å². The summed E-state index contributed by atoms with van der Waals surface area (Å²) in [5.41, 5.74) is 6.52. The van der Waals surface area contributed by atoms with Gasteiger partial charge in [-0.05, 0) is 62.3 Å². The fraction of sp³-hybridized carbons (Fsp3) is 0.138. The number of aryl methyl sites for hydroxylation is 2. The number of pyridine rings is 1. The quantitative estimate of drug-likeness (QED) is 0.222. The van der Waals surface area contributed by atoms with Crippen molar-refractivity contribution >= 4 is 40.0 Å². The number of hydrogen-bond acceptors (Lipinski definition) is 1. The summed E-state index contributed by atoms with van der Waals surface area (Å²) in [6, 6.07) is 24.4. The van der Waals surface area contributed by atoms with Crippen LogP contribution in [0.25, 0.3) is 43.9 Å². The minimum atomic E-state index is -1.81. The Kier molecular flexibility index (Phi) is 3.33. The molecule has 2 aliphatic heterocycles. The molecule has 0 aliphatic carbocycles. The molecule has 154 valence electrons. The highest BCUT2D eigenvalue weighted by atomic mass is 28.3. The minimum absolute atomic E-state index is 0.958. The lowest BCUT2D eigenvalue weighted by atomic mass is 9.91. The number of benzene rings is 4. The zero-order valence-electron chi connectivity index (χ0n) is 18.8. The Morgan fingerprint density at radius 3 is 2.47 bits per heavy atom. The Hall–Kier alpha value is -3.43. The minimum Gasteiger partial charge on any atom is -0.456 e. The van der Waals surface area contributed by atoms with Crippen molar-refractivity contribution in [2.45, 2.75) is 20.0 Å². The summed E-state index contributed by atoms with van der Waals surface area (Å²) in [5.74, 6) is 1.94. The summed E-state index contributed by atoms with van der Waals surface area (Å²) < 4.78 is 8.98. The van der Waals surface area contributed by atoms with Crippen molar-refractivity contribution in [1.82, 2.24) is 0 Å². The molecule has 0 saturated heterocycles. The summed E-state index contributed by atoms with van der Waals surface area (Å²) in [4.78, 5) is 0. The Morgan fingerprint density at radius 2 is 1.59 bits per heavy atom. The van der Waals surface area contributed by atoms with Gasteiger partial charge in [-0.1, -0.05) is 61.6 Å². The highest BCUT2D eigenvalue weighted by Gasteiger charge is 2.42. The first-order valence-electron chi connectivity index (χ1n) is 11.3. The molecular formula is C29H24NOSi+. The van der Waals surface area contributed by atoms with E-state index in [0.717, 1.165) is 11.5 Å². The number of fused-ring (bicyclic) bond motifs is 7. The molecule has 5 aromatic rings. The van der Waals surface area contributed by atoms with Crippen LogP contribution in [0.15, 0.2) is 72.9 Å². The fourth-order valence-corrected chi connectivity index (χ4v) is 9.62. The van der Waals surface area contributed by atoms with Crippen LogP contribution < -0.4 is 19.7 Å². The first-order valence-corrected chi connectivity index (χ1v) is 14.3. The topological polar surface area (TPSA) is 13.1 Å². The number of ether oxygens (including phenoxy) is 1. The van der Waals surface area contributed by atoms with E-state index in [2.05, 4.69) is 105 Å². The summed E-state index contributed by atoms with van der Waals surface area (Å²) in [5, 5.41) is 8.21. The molecule has 0 bridgehead atoms. The molecule has 0 saturated carbocycles. The van der Waals surface area contributed by atoms with Crippen LogP contribution in [0.1, 0.15) is 5.56 Å². The molecule has 1 aromatic heterocycles. The molecule has 0 atom stereocenters. The van der Waals surface area contributed by atoms with Crippen molar-refractivity contribution in [2.24, 2.45) is 7.05 Å². The first kappa shape index (κ1) is 18.2. The Labute approximate surface area is 188 Å². The normalized spacial score (nSPS) is 14.8. The van der Waals surface area contributed by atoms with E-state index in [1.54, 1.807) is 5.19 Å². The van der Waals surface area contributed by atoms with E-state index in [9.17, 15) is 0 Å². The van der Waals surface area contributed by atoms with Crippen LogP contribution >= 0.6 is 0 Å². The van der Waals surface area contributed by atoms with Crippen molar-refractivity contribution < 1.29 is 9.30 Å². The van der Waals surface area contributed by atoms with E-state index >= 15 is 0 Å². The second kappa shape index (κ2) is 5.87. The van der Waals surface area contributed by atoms with Gasteiger partial charge in [-0.2, -0.15) is 0 Å². The monoisotopic (exact) mass is 430 g/mol. The smallest absolute Gasteiger partial charge is 0.228 e. The average Bonchev–Trinajstić information content (AvgIpc) is 3.02. The molecule has 0 amide bonds. The standard InChI is InChI=1S/C29H24NOSi/c1-17-19-10-6-5-9-18(19)15-23-26(17)28-27-21(13-14-30(28)2)29-22(16-24(27)31-23)20-11-7-8-12-25(20)32(29,3)4/h5-16H,1-4H3/q+1. The predicted octanol–water partition coefficient (Wildman–Crippen LogP) is 5.70. The summed E-state index contributed by atoms with van der Waals surface area (Å²) >= 11 is 0. The molecule has 7 rings (SSSR count). The molecule has 2 nitrogen and oxygen atoms in total. The lowest BCUT2D eigenvalue weighted by molar-refractivity contribution is -0.659. The highest BCUT2D eigenvalue weighted by molar-refractivity contribution is 7.05. The average molecular weight is 431 g/mol. The Morgan fingerprint density at radius 1 is 0.812 bits per heavy atom. The lowest BCUT2D eigenvalue weighted by Crippen LogP contribution is -2.49. The van der Waals surface area contributed by atoms with Gasteiger partial charge in [-0.25, -0.2) is 4.57 Å². The maximum atomic E-state index is 6.70. The molecule has 0 radical (unpaired) electrons. The van der Waals surface area contributed by atoms with E-state index in [4.69, 9.17) is 4.74 Å². The van der Waals surface area contributed by atoms with Crippen LogP contribution in [0.4, 0.5) is 0 Å². The van der Waals surface area contributed by atoms with Crippen LogP contribution in [0.5, 0.6) is 11.5 Å². The molecule has 2 aliphatic rings. The van der Waals surface area contributed by atoms with Gasteiger partial charge < -0.3 is 4.74 Å². The van der Waals surface area contributed by atoms with Crippen LogP contribution in [-0.2, 0) is 7.05 Å². The van der Waals surface area contributed by atoms with Crippen molar-refractivity contribution in [3.05, 3.63) is 78.5 Å². The molecule has 3 heterocycles. The number of hydrogen-bond donors (Lipinski definition) is 0. The summed E-state index contributed by atoms with van der Waals surface area (Å²) in [6.07, 6.45) is 2.24. The third-order valence-electron chi connectivity index (χ3n) is 7.63. The van der Waals surface area contributed by atoms with Crippen molar-refractivity contribution in [3.63, 3.8) is 0 Å². The van der Waals surface area contributed by atoms with Crippen LogP contribution in [0, 0.1) is 6.92 Å². The second-order valence-corrected chi connectivity index (χ2v) is 14.0. The van der Waals surface area contributed by atoms with Crippen molar-refractivity contribution in [1.29, 1.82) is 0 Å². The van der Waals surface area contributed by atoms with Crippen molar-refractivity contribution in [2.75, 3.05) is 0 Å². The highest BCUT2D eigenvalue weighted by Crippen LogP contribution is 2.49. The van der Waals surface area contributed by atoms with E-state index in [1.807, 2.05) is 0 Å². The van der Waals surface area contributed by atoms with E-state index < -0.39 is 8.07 Å². The molecule has 32 heavy (non-hydrogen) atoms. The van der Waals surface area contributed by atoms with Gasteiger partial charge >= 0.3 is 0 Å². The molecule has 4 aromatic carbocycles. The number of rotatable bonds is 0. The summed E-state index contributed by atoms with van der Waals surface area (Å²) in [6.45, 7) is 7.21. The number of aromatic nitrogens is 1. The largest absolute Gasteiger partial charge is 0.456 e. The fourth-order valence-electron chi connectivity index (χ4n) is 6.18. The molecule has 0 fully saturated rings. The van der Waals surface area contributed by atoms with Gasteiger partial charge in [0.05, 0.1) is 10.9 Å².